The Balaban J connectivity index is 1.56. The maximum Gasteiger partial charge on any atom is 0.0728 e. The van der Waals surface area contributed by atoms with Crippen LogP contribution in [0.4, 0.5) is 5.69 Å². The Hall–Kier alpha value is -1.71. The first-order chi connectivity index (χ1) is 11.1. The minimum absolute atomic E-state index is 0.597. The molecule has 2 aromatic rings. The molecule has 1 aliphatic carbocycles. The van der Waals surface area contributed by atoms with Crippen LogP contribution in [0.3, 0.4) is 0 Å². The maximum absolute atomic E-state index is 4.24. The summed E-state index contributed by atoms with van der Waals surface area (Å²) in [6.45, 7) is 6.91. The van der Waals surface area contributed by atoms with Crippen LogP contribution in [-0.4, -0.2) is 20.4 Å². The summed E-state index contributed by atoms with van der Waals surface area (Å²) in [6, 6.07) is 3.50. The molecule has 0 aromatic carbocycles. The van der Waals surface area contributed by atoms with Crippen LogP contribution in [0.25, 0.3) is 0 Å². The number of aryl methyl sites for hydroxylation is 2. The van der Waals surface area contributed by atoms with Gasteiger partial charge < -0.3 is 9.88 Å². The predicted molar refractivity (Wildman–Crippen MR) is 95.8 cm³/mol. The van der Waals surface area contributed by atoms with Crippen LogP contribution in [-0.2, 0) is 13.5 Å². The third-order valence-electron chi connectivity index (χ3n) is 5.64. The van der Waals surface area contributed by atoms with Gasteiger partial charge in [-0.25, -0.2) is 0 Å². The quantitative estimate of drug-likeness (QED) is 0.891. The molecule has 0 bridgehead atoms. The fraction of sp³-hybridized carbons (Fsp3) is 0.632. The zero-order valence-corrected chi connectivity index (χ0v) is 14.9. The van der Waals surface area contributed by atoms with Crippen molar-refractivity contribution in [3.05, 3.63) is 35.9 Å². The van der Waals surface area contributed by atoms with Crippen molar-refractivity contribution in [1.82, 2.24) is 14.3 Å². The summed E-state index contributed by atoms with van der Waals surface area (Å²) in [5.74, 6) is 0.790. The summed E-state index contributed by atoms with van der Waals surface area (Å²) in [5, 5.41) is 7.87. The Bertz CT molecular complexity index is 632. The van der Waals surface area contributed by atoms with Gasteiger partial charge in [0.05, 0.1) is 11.9 Å². The molecule has 0 amide bonds. The van der Waals surface area contributed by atoms with Gasteiger partial charge in [0.1, 0.15) is 0 Å². The number of anilines is 1. The molecule has 4 nitrogen and oxygen atoms in total. The molecule has 1 saturated carbocycles. The Labute approximate surface area is 139 Å². The van der Waals surface area contributed by atoms with Gasteiger partial charge in [-0.2, -0.15) is 5.10 Å². The van der Waals surface area contributed by atoms with Gasteiger partial charge in [-0.15, -0.1) is 0 Å². The molecule has 0 saturated heterocycles. The van der Waals surface area contributed by atoms with E-state index in [1.807, 2.05) is 17.9 Å². The molecule has 0 spiro atoms. The predicted octanol–water partition coefficient (Wildman–Crippen LogP) is 4.32. The van der Waals surface area contributed by atoms with Crippen molar-refractivity contribution < 1.29 is 0 Å². The monoisotopic (exact) mass is 314 g/mol. The average molecular weight is 314 g/mol. The molecule has 126 valence electrons. The van der Waals surface area contributed by atoms with Gasteiger partial charge >= 0.3 is 0 Å². The maximum atomic E-state index is 4.24. The molecule has 1 atom stereocenters. The van der Waals surface area contributed by atoms with Crippen molar-refractivity contribution >= 4 is 5.69 Å². The van der Waals surface area contributed by atoms with Crippen molar-refractivity contribution in [3.63, 3.8) is 0 Å². The second-order valence-corrected chi connectivity index (χ2v) is 7.09. The lowest BCUT2D eigenvalue weighted by molar-refractivity contribution is 0.251. The highest BCUT2D eigenvalue weighted by Gasteiger charge is 2.26. The molecule has 3 rings (SSSR count). The molecule has 1 aliphatic rings. The van der Waals surface area contributed by atoms with Crippen LogP contribution < -0.4 is 5.32 Å². The fourth-order valence-electron chi connectivity index (χ4n) is 4.09. The van der Waals surface area contributed by atoms with E-state index in [1.54, 1.807) is 0 Å². The molecule has 0 aliphatic heterocycles. The fourth-order valence-corrected chi connectivity index (χ4v) is 4.09. The second-order valence-electron chi connectivity index (χ2n) is 7.09. The normalized spacial score (nSPS) is 23.0. The number of nitrogens with zero attached hydrogens (tertiary/aromatic N) is 3. The third kappa shape index (κ3) is 3.46. The zero-order chi connectivity index (χ0) is 16.4. The Morgan fingerprint density at radius 1 is 1.30 bits per heavy atom. The first-order valence-corrected chi connectivity index (χ1v) is 9.00. The molecule has 2 aromatic heterocycles. The van der Waals surface area contributed by atoms with Crippen LogP contribution in [0.15, 0.2) is 24.7 Å². The van der Waals surface area contributed by atoms with E-state index < -0.39 is 0 Å². The summed E-state index contributed by atoms with van der Waals surface area (Å²) >= 11 is 0. The van der Waals surface area contributed by atoms with E-state index in [0.29, 0.717) is 12.1 Å². The SMILES string of the molecule is CCc1ccn([C@H](C)C2CCC(Nc3cnn(C)c3)CC2)c1C. The highest BCUT2D eigenvalue weighted by atomic mass is 15.3. The van der Waals surface area contributed by atoms with Crippen molar-refractivity contribution in [2.45, 2.75) is 65.0 Å². The lowest BCUT2D eigenvalue weighted by Crippen LogP contribution is -2.29. The van der Waals surface area contributed by atoms with Crippen molar-refractivity contribution in [2.75, 3.05) is 5.32 Å². The van der Waals surface area contributed by atoms with Gasteiger partial charge in [0.15, 0.2) is 0 Å². The molecule has 0 unspecified atom stereocenters. The number of rotatable bonds is 5. The van der Waals surface area contributed by atoms with Gasteiger partial charge in [-0.05, 0) is 63.5 Å². The van der Waals surface area contributed by atoms with E-state index in [2.05, 4.69) is 54.2 Å². The molecule has 4 heteroatoms. The van der Waals surface area contributed by atoms with E-state index in [4.69, 9.17) is 0 Å². The topological polar surface area (TPSA) is 34.8 Å². The lowest BCUT2D eigenvalue weighted by atomic mass is 9.82. The van der Waals surface area contributed by atoms with E-state index in [-0.39, 0.29) is 0 Å². The molecular formula is C19H30N4. The summed E-state index contributed by atoms with van der Waals surface area (Å²) < 4.78 is 4.36. The summed E-state index contributed by atoms with van der Waals surface area (Å²) in [7, 11) is 1.97. The third-order valence-corrected chi connectivity index (χ3v) is 5.64. The average Bonchev–Trinajstić information content (AvgIpc) is 3.13. The van der Waals surface area contributed by atoms with E-state index >= 15 is 0 Å². The van der Waals surface area contributed by atoms with Gasteiger partial charge in [-0.3, -0.25) is 4.68 Å². The van der Waals surface area contributed by atoms with Crippen LogP contribution in [0, 0.1) is 12.8 Å². The highest BCUT2D eigenvalue weighted by molar-refractivity contribution is 5.39. The van der Waals surface area contributed by atoms with Crippen LogP contribution >= 0.6 is 0 Å². The van der Waals surface area contributed by atoms with Crippen LogP contribution in [0.1, 0.15) is 56.8 Å². The lowest BCUT2D eigenvalue weighted by Gasteiger charge is -2.34. The molecule has 23 heavy (non-hydrogen) atoms. The van der Waals surface area contributed by atoms with Gasteiger partial charge in [0, 0.05) is 37.2 Å². The summed E-state index contributed by atoms with van der Waals surface area (Å²) in [5.41, 5.74) is 4.09. The first kappa shape index (κ1) is 16.2. The molecular weight excluding hydrogens is 284 g/mol. The van der Waals surface area contributed by atoms with Crippen molar-refractivity contribution in [3.8, 4) is 0 Å². The number of aromatic nitrogens is 3. The van der Waals surface area contributed by atoms with E-state index in [1.165, 1.54) is 36.9 Å². The van der Waals surface area contributed by atoms with Crippen LogP contribution in [0.2, 0.25) is 0 Å². The second kappa shape index (κ2) is 6.81. The van der Waals surface area contributed by atoms with E-state index in [9.17, 15) is 0 Å². The molecule has 1 N–H and O–H groups in total. The minimum atomic E-state index is 0.597. The Morgan fingerprint density at radius 3 is 2.61 bits per heavy atom. The van der Waals surface area contributed by atoms with Gasteiger partial charge in [0.2, 0.25) is 0 Å². The van der Waals surface area contributed by atoms with Crippen LogP contribution in [0.5, 0.6) is 0 Å². The van der Waals surface area contributed by atoms with E-state index in [0.717, 1.165) is 18.0 Å². The number of hydrogen-bond donors (Lipinski definition) is 1. The first-order valence-electron chi connectivity index (χ1n) is 9.00. The van der Waals surface area contributed by atoms with Crippen molar-refractivity contribution in [2.24, 2.45) is 13.0 Å². The highest BCUT2D eigenvalue weighted by Crippen LogP contribution is 2.35. The largest absolute Gasteiger partial charge is 0.380 e. The molecule has 2 heterocycles. The Morgan fingerprint density at radius 2 is 2.04 bits per heavy atom. The minimum Gasteiger partial charge on any atom is -0.380 e. The smallest absolute Gasteiger partial charge is 0.0728 e. The summed E-state index contributed by atoms with van der Waals surface area (Å²) in [4.78, 5) is 0. The Kier molecular flexibility index (Phi) is 4.79. The summed E-state index contributed by atoms with van der Waals surface area (Å²) in [6.07, 6.45) is 12.5. The number of nitrogens with one attached hydrogen (secondary N) is 1. The molecule has 1 fully saturated rings. The zero-order valence-electron chi connectivity index (χ0n) is 14.9. The van der Waals surface area contributed by atoms with Crippen molar-refractivity contribution in [1.29, 1.82) is 0 Å². The van der Waals surface area contributed by atoms with Gasteiger partial charge in [0.25, 0.3) is 0 Å². The van der Waals surface area contributed by atoms with Gasteiger partial charge in [-0.1, -0.05) is 6.92 Å². The standard InChI is InChI=1S/C19H30N4/c1-5-16-10-11-23(14(16)2)15(3)17-6-8-18(9-7-17)21-19-12-20-22(4)13-19/h10-13,15,17-18,21H,5-9H2,1-4H3/t15-,17?,18?/m1/s1. The number of hydrogen-bond acceptors (Lipinski definition) is 2. The molecule has 0 radical (unpaired) electrons.